The predicted molar refractivity (Wildman–Crippen MR) is 74.8 cm³/mol. The van der Waals surface area contributed by atoms with Gasteiger partial charge in [-0.1, -0.05) is 0 Å². The third kappa shape index (κ3) is 2.36. The Morgan fingerprint density at radius 3 is 2.62 bits per heavy atom. The molecule has 0 aliphatic heterocycles. The molecule has 0 spiro atoms. The molecule has 0 aliphatic carbocycles. The Kier molecular flexibility index (Phi) is 3.35. The zero-order valence-electron chi connectivity index (χ0n) is 10.3. The van der Waals surface area contributed by atoms with Gasteiger partial charge in [0.05, 0.1) is 11.1 Å². The highest BCUT2D eigenvalue weighted by atomic mass is 32.1. The number of nitrogens with one attached hydrogen (secondary N) is 2. The number of nitrogens with two attached hydrogens (primary N) is 1. The second-order valence-electron chi connectivity index (χ2n) is 4.03. The molecule has 1 aromatic carbocycles. The molecular formula is C12H8F3N5S. The lowest BCUT2D eigenvalue weighted by molar-refractivity contribution is 0.449. The topological polar surface area (TPSA) is 75.9 Å². The molecule has 0 saturated carbocycles. The van der Waals surface area contributed by atoms with Crippen molar-refractivity contribution >= 4 is 39.0 Å². The van der Waals surface area contributed by atoms with E-state index in [2.05, 4.69) is 20.7 Å². The van der Waals surface area contributed by atoms with E-state index in [9.17, 15) is 13.2 Å². The summed E-state index contributed by atoms with van der Waals surface area (Å²) in [6.45, 7) is 0. The molecule has 0 atom stereocenters. The first-order valence-corrected chi connectivity index (χ1v) is 6.60. The molecule has 2 heterocycles. The molecule has 0 amide bonds. The van der Waals surface area contributed by atoms with Gasteiger partial charge >= 0.3 is 0 Å². The van der Waals surface area contributed by atoms with Crippen LogP contribution in [0.5, 0.6) is 0 Å². The molecule has 3 rings (SSSR count). The van der Waals surface area contributed by atoms with Crippen LogP contribution in [-0.4, -0.2) is 9.97 Å². The van der Waals surface area contributed by atoms with E-state index >= 15 is 0 Å². The smallest absolute Gasteiger partial charge is 0.240 e. The SMILES string of the molecule is NNc1nc(Nc2ccc(F)c(F)c2F)c2ccsc2n1. The number of hydrogen-bond donors (Lipinski definition) is 3. The van der Waals surface area contributed by atoms with Crippen molar-refractivity contribution in [1.82, 2.24) is 9.97 Å². The minimum absolute atomic E-state index is 0.121. The molecule has 3 aromatic rings. The number of rotatable bonds is 3. The summed E-state index contributed by atoms with van der Waals surface area (Å²) in [4.78, 5) is 8.77. The summed E-state index contributed by atoms with van der Waals surface area (Å²) in [6.07, 6.45) is 0. The molecule has 108 valence electrons. The number of hydrazine groups is 1. The van der Waals surface area contributed by atoms with Crippen LogP contribution in [0, 0.1) is 17.5 Å². The van der Waals surface area contributed by atoms with Gasteiger partial charge in [-0.05, 0) is 23.6 Å². The zero-order chi connectivity index (χ0) is 15.0. The van der Waals surface area contributed by atoms with E-state index in [1.54, 1.807) is 11.4 Å². The van der Waals surface area contributed by atoms with E-state index in [-0.39, 0.29) is 17.5 Å². The van der Waals surface area contributed by atoms with E-state index in [0.717, 1.165) is 12.1 Å². The maximum atomic E-state index is 13.7. The van der Waals surface area contributed by atoms with Gasteiger partial charge in [0.25, 0.3) is 0 Å². The highest BCUT2D eigenvalue weighted by Gasteiger charge is 2.16. The van der Waals surface area contributed by atoms with Crippen molar-refractivity contribution in [2.75, 3.05) is 10.7 Å². The van der Waals surface area contributed by atoms with Crippen LogP contribution < -0.4 is 16.6 Å². The monoisotopic (exact) mass is 311 g/mol. The molecule has 0 saturated heterocycles. The zero-order valence-corrected chi connectivity index (χ0v) is 11.1. The van der Waals surface area contributed by atoms with E-state index in [4.69, 9.17) is 5.84 Å². The third-order valence-corrected chi connectivity index (χ3v) is 3.55. The summed E-state index contributed by atoms with van der Waals surface area (Å²) in [6, 6.07) is 3.64. The minimum atomic E-state index is -1.55. The largest absolute Gasteiger partial charge is 0.337 e. The second kappa shape index (κ2) is 5.19. The van der Waals surface area contributed by atoms with Gasteiger partial charge < -0.3 is 5.32 Å². The van der Waals surface area contributed by atoms with E-state index in [1.165, 1.54) is 11.3 Å². The Labute approximate surface area is 120 Å². The first-order chi connectivity index (χ1) is 10.1. The average Bonchev–Trinajstić information content (AvgIpc) is 2.96. The number of nitrogen functional groups attached to an aromatic ring is 1. The quantitative estimate of drug-likeness (QED) is 0.393. The Bertz CT molecular complexity index is 820. The van der Waals surface area contributed by atoms with E-state index < -0.39 is 17.5 Å². The number of benzene rings is 1. The normalized spacial score (nSPS) is 10.9. The van der Waals surface area contributed by atoms with E-state index in [0.29, 0.717) is 10.2 Å². The number of nitrogens with zero attached hydrogens (tertiary/aromatic N) is 2. The molecule has 5 nitrogen and oxygen atoms in total. The first-order valence-electron chi connectivity index (χ1n) is 5.72. The third-order valence-electron chi connectivity index (χ3n) is 2.74. The summed E-state index contributed by atoms with van der Waals surface area (Å²) in [5, 5.41) is 5.01. The van der Waals surface area contributed by atoms with Gasteiger partial charge in [-0.2, -0.15) is 4.98 Å². The van der Waals surface area contributed by atoms with Gasteiger partial charge in [-0.15, -0.1) is 11.3 Å². The lowest BCUT2D eigenvalue weighted by Gasteiger charge is -2.10. The van der Waals surface area contributed by atoms with Crippen LogP contribution in [0.15, 0.2) is 23.6 Å². The summed E-state index contributed by atoms with van der Waals surface area (Å²) in [5.74, 6) is 1.49. The van der Waals surface area contributed by atoms with Crippen molar-refractivity contribution in [3.8, 4) is 0 Å². The molecule has 2 aromatic heterocycles. The number of aromatic nitrogens is 2. The molecule has 0 radical (unpaired) electrons. The molecule has 21 heavy (non-hydrogen) atoms. The van der Waals surface area contributed by atoms with Gasteiger partial charge in [0.1, 0.15) is 10.6 Å². The van der Waals surface area contributed by atoms with Crippen LogP contribution in [0.2, 0.25) is 0 Å². The van der Waals surface area contributed by atoms with Gasteiger partial charge in [-0.3, -0.25) is 5.43 Å². The van der Waals surface area contributed by atoms with Gasteiger partial charge in [-0.25, -0.2) is 24.0 Å². The van der Waals surface area contributed by atoms with Crippen molar-refractivity contribution in [2.45, 2.75) is 0 Å². The van der Waals surface area contributed by atoms with Gasteiger partial charge in [0, 0.05) is 0 Å². The van der Waals surface area contributed by atoms with Crippen molar-refractivity contribution in [3.63, 3.8) is 0 Å². The lowest BCUT2D eigenvalue weighted by Crippen LogP contribution is -2.11. The fourth-order valence-electron chi connectivity index (χ4n) is 1.77. The maximum Gasteiger partial charge on any atom is 0.240 e. The second-order valence-corrected chi connectivity index (χ2v) is 4.92. The van der Waals surface area contributed by atoms with Gasteiger partial charge in [0.2, 0.25) is 5.95 Å². The minimum Gasteiger partial charge on any atom is -0.337 e. The number of halogens is 3. The average molecular weight is 311 g/mol. The highest BCUT2D eigenvalue weighted by Crippen LogP contribution is 2.30. The molecule has 0 unspecified atom stereocenters. The number of fused-ring (bicyclic) bond motifs is 1. The number of anilines is 3. The number of hydrogen-bond acceptors (Lipinski definition) is 6. The molecule has 0 bridgehead atoms. The highest BCUT2D eigenvalue weighted by molar-refractivity contribution is 7.16. The van der Waals surface area contributed by atoms with Crippen molar-refractivity contribution in [3.05, 3.63) is 41.0 Å². The fraction of sp³-hybridized carbons (Fsp3) is 0. The molecule has 0 fully saturated rings. The van der Waals surface area contributed by atoms with Crippen molar-refractivity contribution in [2.24, 2.45) is 5.84 Å². The van der Waals surface area contributed by atoms with Crippen LogP contribution in [0.3, 0.4) is 0 Å². The van der Waals surface area contributed by atoms with Crippen LogP contribution in [-0.2, 0) is 0 Å². The predicted octanol–water partition coefficient (Wildman–Crippen LogP) is 3.14. The summed E-state index contributed by atoms with van der Waals surface area (Å²) >= 11 is 1.34. The van der Waals surface area contributed by atoms with Crippen molar-refractivity contribution < 1.29 is 13.2 Å². The summed E-state index contributed by atoms with van der Waals surface area (Å²) in [7, 11) is 0. The standard InChI is InChI=1S/C12H8F3N5S/c13-6-1-2-7(9(15)8(6)14)17-10-5-3-4-21-11(5)19-12(18-10)20-16/h1-4H,16H2,(H2,17,18,19,20). The Morgan fingerprint density at radius 1 is 1.05 bits per heavy atom. The van der Waals surface area contributed by atoms with Gasteiger partial charge in [0.15, 0.2) is 17.5 Å². The van der Waals surface area contributed by atoms with Crippen molar-refractivity contribution in [1.29, 1.82) is 0 Å². The lowest BCUT2D eigenvalue weighted by atomic mass is 10.2. The van der Waals surface area contributed by atoms with Crippen LogP contribution in [0.1, 0.15) is 0 Å². The molecule has 4 N–H and O–H groups in total. The first kappa shape index (κ1) is 13.6. The molecule has 0 aliphatic rings. The Hall–Kier alpha value is -2.39. The maximum absolute atomic E-state index is 13.7. The Balaban J connectivity index is 2.09. The summed E-state index contributed by atoms with van der Waals surface area (Å²) in [5.41, 5.74) is 2.05. The van der Waals surface area contributed by atoms with Crippen LogP contribution in [0.25, 0.3) is 10.2 Å². The van der Waals surface area contributed by atoms with Crippen LogP contribution >= 0.6 is 11.3 Å². The molecule has 9 heteroatoms. The molecular weight excluding hydrogens is 303 g/mol. The van der Waals surface area contributed by atoms with Crippen LogP contribution in [0.4, 0.5) is 30.6 Å². The summed E-state index contributed by atoms with van der Waals surface area (Å²) < 4.78 is 39.9. The van der Waals surface area contributed by atoms with E-state index in [1.807, 2.05) is 0 Å². The number of thiophene rings is 1. The fourth-order valence-corrected chi connectivity index (χ4v) is 2.53. The Morgan fingerprint density at radius 2 is 1.86 bits per heavy atom.